The molecule has 0 N–H and O–H groups in total. The molecule has 1 aromatic heterocycles. The Kier molecular flexibility index (Phi) is 5.50. The predicted molar refractivity (Wildman–Crippen MR) is 116 cm³/mol. The van der Waals surface area contributed by atoms with Gasteiger partial charge in [-0.25, -0.2) is 0 Å². The summed E-state index contributed by atoms with van der Waals surface area (Å²) in [4.78, 5) is 20.0. The molecular weight excluding hydrogens is 409 g/mol. The molecule has 148 valence electrons. The third-order valence-corrected chi connectivity index (χ3v) is 5.32. The first-order valence-electron chi connectivity index (χ1n) is 9.17. The molecule has 0 atom stereocenters. The van der Waals surface area contributed by atoms with E-state index in [1.165, 1.54) is 0 Å². The average Bonchev–Trinajstić information content (AvgIpc) is 2.85. The molecular formula is C21H19Cl2N5O. The van der Waals surface area contributed by atoms with Gasteiger partial charge in [-0.1, -0.05) is 41.4 Å². The van der Waals surface area contributed by atoms with Gasteiger partial charge in [0.2, 0.25) is 0 Å². The SMILES string of the molecule is CN(C)CCc1nnc2n(c1=O)-c1ccc(Cl)cc1C(c1ccccc1Cl)=NC2. The Balaban J connectivity index is 1.93. The highest BCUT2D eigenvalue weighted by Gasteiger charge is 2.23. The number of fused-ring (bicyclic) bond motifs is 3. The zero-order valence-electron chi connectivity index (χ0n) is 16.1. The van der Waals surface area contributed by atoms with Gasteiger partial charge in [-0.3, -0.25) is 14.4 Å². The Morgan fingerprint density at radius 1 is 1.07 bits per heavy atom. The minimum atomic E-state index is -0.184. The summed E-state index contributed by atoms with van der Waals surface area (Å²) in [6.07, 6.45) is 0.514. The largest absolute Gasteiger partial charge is 0.309 e. The van der Waals surface area contributed by atoms with Gasteiger partial charge >= 0.3 is 0 Å². The van der Waals surface area contributed by atoms with Crippen molar-refractivity contribution in [3.05, 3.63) is 85.5 Å². The van der Waals surface area contributed by atoms with E-state index in [-0.39, 0.29) is 12.1 Å². The molecule has 0 spiro atoms. The lowest BCUT2D eigenvalue weighted by molar-refractivity contribution is 0.409. The first-order valence-corrected chi connectivity index (χ1v) is 9.93. The van der Waals surface area contributed by atoms with Gasteiger partial charge in [0.05, 0.1) is 11.4 Å². The zero-order valence-corrected chi connectivity index (χ0v) is 17.6. The van der Waals surface area contributed by atoms with Gasteiger partial charge in [-0.05, 0) is 38.4 Å². The first kappa shape index (κ1) is 19.8. The van der Waals surface area contributed by atoms with Crippen LogP contribution in [-0.2, 0) is 13.0 Å². The second-order valence-corrected chi connectivity index (χ2v) is 7.91. The average molecular weight is 428 g/mol. The van der Waals surface area contributed by atoms with Gasteiger partial charge in [0.15, 0.2) is 5.82 Å². The zero-order chi connectivity index (χ0) is 20.5. The Labute approximate surface area is 178 Å². The molecule has 29 heavy (non-hydrogen) atoms. The molecule has 6 nitrogen and oxygen atoms in total. The number of nitrogens with zero attached hydrogens (tertiary/aromatic N) is 5. The third-order valence-electron chi connectivity index (χ3n) is 4.75. The number of aromatic nitrogens is 3. The van der Waals surface area contributed by atoms with Crippen molar-refractivity contribution in [2.45, 2.75) is 13.0 Å². The van der Waals surface area contributed by atoms with E-state index in [1.807, 2.05) is 49.3 Å². The second-order valence-electron chi connectivity index (χ2n) is 7.06. The standard InChI is InChI=1S/C21H19Cl2N5O/c1-27(2)10-9-17-21(29)28-18-8-7-13(22)11-15(18)20(24-12-19(28)26-25-17)14-5-3-4-6-16(14)23/h3-8,11H,9-10,12H2,1-2H3. The van der Waals surface area contributed by atoms with Crippen molar-refractivity contribution in [3.63, 3.8) is 0 Å². The molecule has 1 aliphatic heterocycles. The van der Waals surface area contributed by atoms with Gasteiger partial charge in [-0.2, -0.15) is 0 Å². The third kappa shape index (κ3) is 3.83. The summed E-state index contributed by atoms with van der Waals surface area (Å²) < 4.78 is 1.59. The van der Waals surface area contributed by atoms with E-state index in [1.54, 1.807) is 16.7 Å². The van der Waals surface area contributed by atoms with Crippen molar-refractivity contribution in [3.8, 4) is 5.69 Å². The lowest BCUT2D eigenvalue weighted by Gasteiger charge is -2.15. The summed E-state index contributed by atoms with van der Waals surface area (Å²) >= 11 is 12.7. The highest BCUT2D eigenvalue weighted by molar-refractivity contribution is 6.36. The van der Waals surface area contributed by atoms with Crippen molar-refractivity contribution in [2.75, 3.05) is 20.6 Å². The summed E-state index contributed by atoms with van der Waals surface area (Å²) in [5.74, 6) is 0.481. The Morgan fingerprint density at radius 3 is 2.62 bits per heavy atom. The molecule has 2 heterocycles. The Hall–Kier alpha value is -2.54. The summed E-state index contributed by atoms with van der Waals surface area (Å²) in [5.41, 5.74) is 3.09. The molecule has 1 aliphatic rings. The van der Waals surface area contributed by atoms with Crippen molar-refractivity contribution >= 4 is 28.9 Å². The number of benzene rings is 2. The van der Waals surface area contributed by atoms with Crippen LogP contribution in [0.15, 0.2) is 52.3 Å². The molecule has 0 bridgehead atoms. The number of rotatable bonds is 4. The predicted octanol–water partition coefficient (Wildman–Crippen LogP) is 3.39. The molecule has 0 unspecified atom stereocenters. The van der Waals surface area contributed by atoms with Gasteiger partial charge in [0, 0.05) is 34.1 Å². The van der Waals surface area contributed by atoms with E-state index in [0.717, 1.165) is 11.1 Å². The van der Waals surface area contributed by atoms with Crippen LogP contribution >= 0.6 is 23.2 Å². The number of hydrogen-bond acceptors (Lipinski definition) is 5. The molecule has 0 saturated carbocycles. The fourth-order valence-electron chi connectivity index (χ4n) is 3.30. The van der Waals surface area contributed by atoms with E-state index in [9.17, 15) is 4.79 Å². The van der Waals surface area contributed by atoms with Gasteiger partial charge in [0.25, 0.3) is 5.56 Å². The van der Waals surface area contributed by atoms with Gasteiger partial charge in [-0.15, -0.1) is 10.2 Å². The molecule has 3 aromatic rings. The van der Waals surface area contributed by atoms with Crippen LogP contribution in [-0.4, -0.2) is 46.0 Å². The molecule has 0 radical (unpaired) electrons. The minimum Gasteiger partial charge on any atom is -0.309 e. The van der Waals surface area contributed by atoms with Gasteiger partial charge in [0.1, 0.15) is 12.2 Å². The van der Waals surface area contributed by atoms with E-state index < -0.39 is 0 Å². The topological polar surface area (TPSA) is 63.4 Å². The summed E-state index contributed by atoms with van der Waals surface area (Å²) in [5, 5.41) is 9.62. The van der Waals surface area contributed by atoms with Crippen LogP contribution in [0.2, 0.25) is 10.0 Å². The number of hydrogen-bond donors (Lipinski definition) is 0. The van der Waals surface area contributed by atoms with Crippen LogP contribution in [0.25, 0.3) is 5.69 Å². The van der Waals surface area contributed by atoms with Crippen LogP contribution in [0.3, 0.4) is 0 Å². The van der Waals surface area contributed by atoms with Crippen LogP contribution in [0, 0.1) is 0 Å². The first-order chi connectivity index (χ1) is 14.0. The normalized spacial score (nSPS) is 12.9. The number of halogens is 2. The van der Waals surface area contributed by atoms with Crippen molar-refractivity contribution in [1.82, 2.24) is 19.7 Å². The lowest BCUT2D eigenvalue weighted by Crippen LogP contribution is -2.30. The maximum atomic E-state index is 13.3. The highest BCUT2D eigenvalue weighted by Crippen LogP contribution is 2.28. The highest BCUT2D eigenvalue weighted by atomic mass is 35.5. The maximum absolute atomic E-state index is 13.3. The summed E-state index contributed by atoms with van der Waals surface area (Å²) in [6, 6.07) is 12.9. The summed E-state index contributed by atoms with van der Waals surface area (Å²) in [7, 11) is 3.91. The minimum absolute atomic E-state index is 0.184. The molecule has 0 aliphatic carbocycles. The molecule has 0 amide bonds. The van der Waals surface area contributed by atoms with Crippen molar-refractivity contribution in [2.24, 2.45) is 4.99 Å². The molecule has 0 fully saturated rings. The molecule has 0 saturated heterocycles. The van der Waals surface area contributed by atoms with E-state index in [4.69, 9.17) is 28.2 Å². The fraction of sp³-hybridized carbons (Fsp3) is 0.238. The molecule has 2 aromatic carbocycles. The van der Waals surface area contributed by atoms with E-state index >= 15 is 0 Å². The monoisotopic (exact) mass is 427 g/mol. The molecule has 8 heteroatoms. The van der Waals surface area contributed by atoms with Gasteiger partial charge < -0.3 is 4.90 Å². The molecule has 4 rings (SSSR count). The maximum Gasteiger partial charge on any atom is 0.280 e. The number of likely N-dealkylation sites (N-methyl/N-ethyl adjacent to an activating group) is 1. The summed E-state index contributed by atoms with van der Waals surface area (Å²) in [6.45, 7) is 0.918. The van der Waals surface area contributed by atoms with Crippen LogP contribution in [0.4, 0.5) is 0 Å². The van der Waals surface area contributed by atoms with Crippen LogP contribution < -0.4 is 5.56 Å². The Bertz CT molecular complexity index is 1170. The fourth-order valence-corrected chi connectivity index (χ4v) is 3.70. The second kappa shape index (κ2) is 8.06. The van der Waals surface area contributed by atoms with Crippen molar-refractivity contribution < 1.29 is 0 Å². The van der Waals surface area contributed by atoms with Crippen LogP contribution in [0.1, 0.15) is 22.6 Å². The van der Waals surface area contributed by atoms with E-state index in [0.29, 0.717) is 45.9 Å². The van der Waals surface area contributed by atoms with Crippen LogP contribution in [0.5, 0.6) is 0 Å². The quantitative estimate of drug-likeness (QED) is 0.639. The van der Waals surface area contributed by atoms with E-state index in [2.05, 4.69) is 10.2 Å². The smallest absolute Gasteiger partial charge is 0.280 e. The van der Waals surface area contributed by atoms with Crippen molar-refractivity contribution in [1.29, 1.82) is 0 Å². The number of aliphatic imine (C=N–C) groups is 1. The lowest BCUT2D eigenvalue weighted by atomic mass is 10.0. The Morgan fingerprint density at radius 2 is 1.86 bits per heavy atom.